The fourth-order valence-corrected chi connectivity index (χ4v) is 4.11. The van der Waals surface area contributed by atoms with Crippen LogP contribution in [0.15, 0.2) is 24.8 Å². The quantitative estimate of drug-likeness (QED) is 0.862. The van der Waals surface area contributed by atoms with Crippen LogP contribution >= 0.6 is 0 Å². The Balaban J connectivity index is 1.29. The summed E-state index contributed by atoms with van der Waals surface area (Å²) in [6.07, 6.45) is 8.01. The zero-order valence-electron chi connectivity index (χ0n) is 14.0. The lowest BCUT2D eigenvalue weighted by Gasteiger charge is -2.23. The molecule has 6 nitrogen and oxygen atoms in total. The van der Waals surface area contributed by atoms with Crippen LogP contribution in [-0.4, -0.2) is 46.1 Å². The Hall–Kier alpha value is -2.24. The van der Waals surface area contributed by atoms with Gasteiger partial charge in [0.05, 0.1) is 11.9 Å². The predicted octanol–water partition coefficient (Wildman–Crippen LogP) is 2.03. The average Bonchev–Trinajstić information content (AvgIpc) is 3.25. The second-order valence-electron chi connectivity index (χ2n) is 7.42. The van der Waals surface area contributed by atoms with Gasteiger partial charge in [-0.2, -0.15) is 0 Å². The molecule has 0 N–H and O–H groups in total. The van der Waals surface area contributed by atoms with E-state index < -0.39 is 0 Å². The highest BCUT2D eigenvalue weighted by Gasteiger charge is 2.41. The minimum Gasteiger partial charge on any atom is -0.356 e. The molecule has 4 heterocycles. The van der Waals surface area contributed by atoms with Gasteiger partial charge >= 0.3 is 0 Å². The molecule has 2 atom stereocenters. The van der Waals surface area contributed by atoms with Crippen molar-refractivity contribution in [3.8, 4) is 0 Å². The van der Waals surface area contributed by atoms with Crippen LogP contribution in [0.2, 0.25) is 0 Å². The Morgan fingerprint density at radius 3 is 2.29 bits per heavy atom. The van der Waals surface area contributed by atoms with E-state index in [0.717, 1.165) is 43.5 Å². The van der Waals surface area contributed by atoms with Crippen LogP contribution < -0.4 is 9.80 Å². The standard InChI is InChI=1S/C18H22N6/c1-12-5-19-6-18(22-12)24-9-14-7-23(8-15(14)10-24)17-4-16(13-2-3-13)20-11-21-17/h4-6,11,13-15H,2-3,7-10H2,1H3. The molecule has 2 aromatic rings. The number of aryl methyl sites for hydroxylation is 1. The summed E-state index contributed by atoms with van der Waals surface area (Å²) in [4.78, 5) is 22.7. The predicted molar refractivity (Wildman–Crippen MR) is 92.2 cm³/mol. The number of nitrogens with zero attached hydrogens (tertiary/aromatic N) is 6. The summed E-state index contributed by atoms with van der Waals surface area (Å²) in [5.74, 6) is 4.19. The SMILES string of the molecule is Cc1cncc(N2CC3CN(c4cc(C5CC5)ncn4)CC3C2)n1. The van der Waals surface area contributed by atoms with Crippen LogP contribution in [0, 0.1) is 18.8 Å². The highest BCUT2D eigenvalue weighted by atomic mass is 15.3. The summed E-state index contributed by atoms with van der Waals surface area (Å²) >= 11 is 0. The lowest BCUT2D eigenvalue weighted by Crippen LogP contribution is -2.29. The van der Waals surface area contributed by atoms with Gasteiger partial charge in [-0.15, -0.1) is 0 Å². The fourth-order valence-electron chi connectivity index (χ4n) is 4.11. The molecule has 1 saturated carbocycles. The van der Waals surface area contributed by atoms with Crippen LogP contribution in [0.25, 0.3) is 0 Å². The molecule has 124 valence electrons. The summed E-state index contributed by atoms with van der Waals surface area (Å²) in [5, 5.41) is 0. The Morgan fingerprint density at radius 1 is 0.917 bits per heavy atom. The summed E-state index contributed by atoms with van der Waals surface area (Å²) in [5.41, 5.74) is 2.22. The van der Waals surface area contributed by atoms with Gasteiger partial charge in [-0.1, -0.05) is 0 Å². The molecule has 24 heavy (non-hydrogen) atoms. The molecule has 2 aromatic heterocycles. The Labute approximate surface area is 142 Å². The molecule has 1 aliphatic carbocycles. The van der Waals surface area contributed by atoms with E-state index in [1.165, 1.54) is 18.5 Å². The van der Waals surface area contributed by atoms with E-state index in [4.69, 9.17) is 0 Å². The van der Waals surface area contributed by atoms with E-state index >= 15 is 0 Å². The zero-order chi connectivity index (χ0) is 16.1. The van der Waals surface area contributed by atoms with Crippen molar-refractivity contribution in [2.75, 3.05) is 36.0 Å². The van der Waals surface area contributed by atoms with Gasteiger partial charge in [-0.25, -0.2) is 15.0 Å². The number of hydrogen-bond acceptors (Lipinski definition) is 6. The van der Waals surface area contributed by atoms with E-state index in [9.17, 15) is 0 Å². The molecule has 2 unspecified atom stereocenters. The highest BCUT2D eigenvalue weighted by molar-refractivity contribution is 5.45. The van der Waals surface area contributed by atoms with Gasteiger partial charge in [0.2, 0.25) is 0 Å². The lowest BCUT2D eigenvalue weighted by molar-refractivity contribution is 0.533. The largest absolute Gasteiger partial charge is 0.356 e. The maximum Gasteiger partial charge on any atom is 0.147 e. The van der Waals surface area contributed by atoms with Gasteiger partial charge in [0.15, 0.2) is 0 Å². The molecule has 3 aliphatic rings. The number of fused-ring (bicyclic) bond motifs is 1. The van der Waals surface area contributed by atoms with Crippen molar-refractivity contribution < 1.29 is 0 Å². The lowest BCUT2D eigenvalue weighted by atomic mass is 10.0. The van der Waals surface area contributed by atoms with Gasteiger partial charge in [0, 0.05) is 61.9 Å². The molecule has 2 saturated heterocycles. The zero-order valence-corrected chi connectivity index (χ0v) is 14.0. The molecule has 5 rings (SSSR count). The third-order valence-corrected chi connectivity index (χ3v) is 5.55. The van der Waals surface area contributed by atoms with Crippen LogP contribution in [-0.2, 0) is 0 Å². The van der Waals surface area contributed by atoms with Gasteiger partial charge < -0.3 is 9.80 Å². The molecular weight excluding hydrogens is 300 g/mol. The first kappa shape index (κ1) is 14.1. The minimum absolute atomic E-state index is 0.684. The monoisotopic (exact) mass is 322 g/mol. The third-order valence-electron chi connectivity index (χ3n) is 5.55. The van der Waals surface area contributed by atoms with Crippen molar-refractivity contribution >= 4 is 11.6 Å². The molecule has 0 radical (unpaired) electrons. The van der Waals surface area contributed by atoms with Crippen molar-refractivity contribution in [2.45, 2.75) is 25.7 Å². The number of rotatable bonds is 3. The van der Waals surface area contributed by atoms with Crippen molar-refractivity contribution in [3.05, 3.63) is 36.2 Å². The molecule has 2 aliphatic heterocycles. The van der Waals surface area contributed by atoms with Crippen molar-refractivity contribution in [1.82, 2.24) is 19.9 Å². The maximum atomic E-state index is 4.63. The first-order valence-electron chi connectivity index (χ1n) is 8.87. The number of anilines is 2. The van der Waals surface area contributed by atoms with E-state index in [-0.39, 0.29) is 0 Å². The normalized spacial score (nSPS) is 26.0. The van der Waals surface area contributed by atoms with Gasteiger partial charge in [0.1, 0.15) is 18.0 Å². The van der Waals surface area contributed by atoms with Crippen LogP contribution in [0.3, 0.4) is 0 Å². The van der Waals surface area contributed by atoms with Crippen LogP contribution in [0.1, 0.15) is 30.1 Å². The summed E-state index contributed by atoms with van der Waals surface area (Å²) in [6, 6.07) is 2.21. The first-order valence-corrected chi connectivity index (χ1v) is 8.87. The Kier molecular flexibility index (Phi) is 3.18. The second kappa shape index (κ2) is 5.40. The molecule has 0 spiro atoms. The van der Waals surface area contributed by atoms with E-state index in [1.807, 2.05) is 19.3 Å². The first-order chi connectivity index (χ1) is 11.8. The van der Waals surface area contributed by atoms with Crippen molar-refractivity contribution in [2.24, 2.45) is 11.8 Å². The van der Waals surface area contributed by atoms with Crippen LogP contribution in [0.4, 0.5) is 11.6 Å². The summed E-state index contributed by atoms with van der Waals surface area (Å²) in [6.45, 7) is 6.31. The molecule has 3 fully saturated rings. The minimum atomic E-state index is 0.684. The van der Waals surface area contributed by atoms with Crippen molar-refractivity contribution in [1.29, 1.82) is 0 Å². The van der Waals surface area contributed by atoms with E-state index in [1.54, 1.807) is 6.33 Å². The summed E-state index contributed by atoms with van der Waals surface area (Å²) < 4.78 is 0. The van der Waals surface area contributed by atoms with E-state index in [2.05, 4.69) is 35.8 Å². The van der Waals surface area contributed by atoms with Crippen molar-refractivity contribution in [3.63, 3.8) is 0 Å². The maximum absolute atomic E-state index is 4.63. The Morgan fingerprint density at radius 2 is 1.62 bits per heavy atom. The van der Waals surface area contributed by atoms with Gasteiger partial charge in [0.25, 0.3) is 0 Å². The molecule has 6 heteroatoms. The van der Waals surface area contributed by atoms with Gasteiger partial charge in [-0.05, 0) is 19.8 Å². The molecular formula is C18H22N6. The highest BCUT2D eigenvalue weighted by Crippen LogP contribution is 2.40. The molecule has 0 bridgehead atoms. The molecule has 0 amide bonds. The third kappa shape index (κ3) is 2.50. The topological polar surface area (TPSA) is 58.0 Å². The smallest absolute Gasteiger partial charge is 0.147 e. The Bertz CT molecular complexity index is 745. The van der Waals surface area contributed by atoms with E-state index in [0.29, 0.717) is 17.8 Å². The second-order valence-corrected chi connectivity index (χ2v) is 7.42. The average molecular weight is 322 g/mol. The van der Waals surface area contributed by atoms with Gasteiger partial charge in [-0.3, -0.25) is 4.98 Å². The molecule has 0 aromatic carbocycles. The van der Waals surface area contributed by atoms with Crippen LogP contribution in [0.5, 0.6) is 0 Å². The number of aromatic nitrogens is 4. The summed E-state index contributed by atoms with van der Waals surface area (Å²) in [7, 11) is 0. The fraction of sp³-hybridized carbons (Fsp3) is 0.556. The number of hydrogen-bond donors (Lipinski definition) is 0.